The molecule has 1 saturated heterocycles. The number of esters is 1. The molecular formula is C29H36N2O6. The van der Waals surface area contributed by atoms with Gasteiger partial charge in [0.15, 0.2) is 0 Å². The lowest BCUT2D eigenvalue weighted by Crippen LogP contribution is -2.55. The minimum absolute atomic E-state index is 0.0132. The fraction of sp³-hybridized carbons (Fsp3) is 0.448. The number of carbonyl (C=O) groups is 4. The molecule has 2 aromatic carbocycles. The van der Waals surface area contributed by atoms with Crippen molar-refractivity contribution in [2.75, 3.05) is 0 Å². The van der Waals surface area contributed by atoms with Gasteiger partial charge in [-0.2, -0.15) is 0 Å². The Labute approximate surface area is 218 Å². The van der Waals surface area contributed by atoms with Crippen molar-refractivity contribution in [3.05, 3.63) is 71.8 Å². The minimum Gasteiger partial charge on any atom is -0.454 e. The van der Waals surface area contributed by atoms with E-state index in [1.165, 1.54) is 0 Å². The molecule has 3 rings (SSSR count). The van der Waals surface area contributed by atoms with Crippen molar-refractivity contribution < 1.29 is 28.8 Å². The summed E-state index contributed by atoms with van der Waals surface area (Å²) < 4.78 is 6.23. The first-order valence-corrected chi connectivity index (χ1v) is 12.8. The Kier molecular flexibility index (Phi) is 8.86. The predicted molar refractivity (Wildman–Crippen MR) is 137 cm³/mol. The molecule has 1 aliphatic heterocycles. The van der Waals surface area contributed by atoms with Crippen molar-refractivity contribution in [3.8, 4) is 0 Å². The van der Waals surface area contributed by atoms with E-state index in [4.69, 9.17) is 15.3 Å². The van der Waals surface area contributed by atoms with Crippen molar-refractivity contribution in [1.82, 2.24) is 5.06 Å². The lowest BCUT2D eigenvalue weighted by Gasteiger charge is -2.42. The molecule has 0 saturated carbocycles. The lowest BCUT2D eigenvalue weighted by atomic mass is 9.70. The fourth-order valence-corrected chi connectivity index (χ4v) is 4.90. The molecule has 2 aromatic rings. The Morgan fingerprint density at radius 1 is 1.03 bits per heavy atom. The summed E-state index contributed by atoms with van der Waals surface area (Å²) in [6.07, 6.45) is 1.10. The Hall–Kier alpha value is -3.52. The van der Waals surface area contributed by atoms with Crippen LogP contribution in [0, 0.1) is 11.8 Å². The number of benzene rings is 2. The average Bonchev–Trinajstić information content (AvgIpc) is 3.04. The van der Waals surface area contributed by atoms with Gasteiger partial charge in [-0.05, 0) is 24.0 Å². The first-order chi connectivity index (χ1) is 17.6. The van der Waals surface area contributed by atoms with E-state index >= 15 is 0 Å². The Balaban J connectivity index is 2.04. The van der Waals surface area contributed by atoms with Crippen LogP contribution >= 0.6 is 0 Å². The second kappa shape index (κ2) is 11.7. The highest BCUT2D eigenvalue weighted by Gasteiger charge is 2.59. The quantitative estimate of drug-likeness (QED) is 0.359. The standard InChI is InChI=1S/C29H36N2O6/c1-5-13-25(33)37-31-26(34)21(4)28(30,27(31)35)18-20(3)29(36-24(32)6-2,23-16-11-8-12-17-23)19-22-14-9-7-10-15-22/h7-12,14-17,20-21H,5-6,13,18-19,30H2,1-4H3. The van der Waals surface area contributed by atoms with Crippen LogP contribution in [-0.4, -0.2) is 34.4 Å². The van der Waals surface area contributed by atoms with E-state index in [1.54, 1.807) is 20.8 Å². The van der Waals surface area contributed by atoms with Gasteiger partial charge in [0.25, 0.3) is 11.8 Å². The summed E-state index contributed by atoms with van der Waals surface area (Å²) in [5.41, 5.74) is 5.53. The van der Waals surface area contributed by atoms with Crippen LogP contribution in [-0.2, 0) is 40.8 Å². The van der Waals surface area contributed by atoms with Crippen LogP contribution in [0.25, 0.3) is 0 Å². The van der Waals surface area contributed by atoms with Crippen molar-refractivity contribution in [1.29, 1.82) is 0 Å². The van der Waals surface area contributed by atoms with Crippen LogP contribution in [0.2, 0.25) is 0 Å². The summed E-state index contributed by atoms with van der Waals surface area (Å²) in [7, 11) is 0. The molecule has 8 nitrogen and oxygen atoms in total. The van der Waals surface area contributed by atoms with Gasteiger partial charge in [0, 0.05) is 25.2 Å². The number of nitrogens with two attached hydrogens (primary N) is 1. The van der Waals surface area contributed by atoms with E-state index in [1.807, 2.05) is 67.6 Å². The molecule has 1 fully saturated rings. The Morgan fingerprint density at radius 2 is 1.62 bits per heavy atom. The van der Waals surface area contributed by atoms with Crippen molar-refractivity contribution >= 4 is 23.8 Å². The predicted octanol–water partition coefficient (Wildman–Crippen LogP) is 4.06. The number of hydrogen-bond donors (Lipinski definition) is 1. The largest absolute Gasteiger partial charge is 0.454 e. The van der Waals surface area contributed by atoms with Crippen LogP contribution in [0.15, 0.2) is 60.7 Å². The molecule has 8 heteroatoms. The number of ether oxygens (including phenoxy) is 1. The smallest absolute Gasteiger partial charge is 0.333 e. The SMILES string of the molecule is CCCC(=O)ON1C(=O)C(C)C(N)(CC(C)C(Cc2ccccc2)(OC(=O)CC)c2ccccc2)C1=O. The first-order valence-electron chi connectivity index (χ1n) is 12.8. The van der Waals surface area contributed by atoms with Gasteiger partial charge >= 0.3 is 11.9 Å². The highest BCUT2D eigenvalue weighted by atomic mass is 16.7. The number of hydroxylamine groups is 2. The lowest BCUT2D eigenvalue weighted by molar-refractivity contribution is -0.199. The molecule has 4 unspecified atom stereocenters. The first kappa shape index (κ1) is 28.1. The van der Waals surface area contributed by atoms with Crippen LogP contribution in [0.5, 0.6) is 0 Å². The molecule has 0 aromatic heterocycles. The van der Waals surface area contributed by atoms with Gasteiger partial charge in [-0.3, -0.25) is 14.4 Å². The number of imide groups is 1. The maximum atomic E-state index is 13.4. The molecule has 0 aliphatic carbocycles. The molecule has 4 atom stereocenters. The van der Waals surface area contributed by atoms with Gasteiger partial charge in [-0.25, -0.2) is 4.79 Å². The summed E-state index contributed by atoms with van der Waals surface area (Å²) >= 11 is 0. The zero-order valence-corrected chi connectivity index (χ0v) is 21.9. The van der Waals surface area contributed by atoms with Crippen molar-refractivity contribution in [2.24, 2.45) is 17.6 Å². The van der Waals surface area contributed by atoms with Crippen LogP contribution in [0.3, 0.4) is 0 Å². The van der Waals surface area contributed by atoms with E-state index in [9.17, 15) is 19.2 Å². The van der Waals surface area contributed by atoms with E-state index in [0.29, 0.717) is 17.9 Å². The summed E-state index contributed by atoms with van der Waals surface area (Å²) in [6, 6.07) is 19.0. The maximum absolute atomic E-state index is 13.4. The third kappa shape index (κ3) is 5.74. The van der Waals surface area contributed by atoms with Crippen LogP contribution in [0.4, 0.5) is 0 Å². The van der Waals surface area contributed by atoms with Crippen LogP contribution < -0.4 is 5.73 Å². The van der Waals surface area contributed by atoms with Gasteiger partial charge in [0.1, 0.15) is 11.1 Å². The summed E-state index contributed by atoms with van der Waals surface area (Å²) in [5.74, 6) is -3.94. The maximum Gasteiger partial charge on any atom is 0.333 e. The Morgan fingerprint density at radius 3 is 2.19 bits per heavy atom. The van der Waals surface area contributed by atoms with Gasteiger partial charge < -0.3 is 15.3 Å². The molecule has 0 radical (unpaired) electrons. The summed E-state index contributed by atoms with van der Waals surface area (Å²) in [5, 5.41) is 0.509. The summed E-state index contributed by atoms with van der Waals surface area (Å²) in [4.78, 5) is 56.3. The van der Waals surface area contributed by atoms with Gasteiger partial charge in [0.05, 0.1) is 5.92 Å². The molecule has 198 valence electrons. The van der Waals surface area contributed by atoms with Gasteiger partial charge in [-0.1, -0.05) is 88.4 Å². The van der Waals surface area contributed by atoms with Crippen molar-refractivity contribution in [3.63, 3.8) is 0 Å². The van der Waals surface area contributed by atoms with E-state index < -0.39 is 46.7 Å². The van der Waals surface area contributed by atoms with E-state index in [0.717, 1.165) is 11.1 Å². The van der Waals surface area contributed by atoms with Gasteiger partial charge in [0.2, 0.25) is 0 Å². The molecule has 2 amide bonds. The number of rotatable bonds is 11. The monoisotopic (exact) mass is 508 g/mol. The number of carbonyl (C=O) groups excluding carboxylic acids is 4. The number of nitrogens with zero attached hydrogens (tertiary/aromatic N) is 1. The molecule has 1 heterocycles. The van der Waals surface area contributed by atoms with E-state index in [-0.39, 0.29) is 19.3 Å². The molecular weight excluding hydrogens is 472 g/mol. The topological polar surface area (TPSA) is 116 Å². The fourth-order valence-electron chi connectivity index (χ4n) is 4.90. The van der Waals surface area contributed by atoms with Crippen molar-refractivity contribution in [2.45, 2.75) is 70.9 Å². The van der Waals surface area contributed by atoms with Crippen LogP contribution in [0.1, 0.15) is 64.5 Å². The molecule has 0 bridgehead atoms. The molecule has 1 aliphatic rings. The zero-order chi connectivity index (χ0) is 27.2. The normalized spacial score (nSPS) is 21.9. The molecule has 0 spiro atoms. The Bertz CT molecular complexity index is 1120. The molecule has 2 N–H and O–H groups in total. The number of amides is 2. The average molecular weight is 509 g/mol. The molecule has 37 heavy (non-hydrogen) atoms. The van der Waals surface area contributed by atoms with E-state index in [2.05, 4.69) is 0 Å². The highest BCUT2D eigenvalue weighted by Crippen LogP contribution is 2.44. The zero-order valence-electron chi connectivity index (χ0n) is 21.9. The second-order valence-corrected chi connectivity index (χ2v) is 9.76. The second-order valence-electron chi connectivity index (χ2n) is 9.76. The number of hydrogen-bond acceptors (Lipinski definition) is 7. The summed E-state index contributed by atoms with van der Waals surface area (Å²) in [6.45, 7) is 6.93. The van der Waals surface area contributed by atoms with Gasteiger partial charge in [-0.15, -0.1) is 5.06 Å². The third-order valence-electron chi connectivity index (χ3n) is 7.17. The highest BCUT2D eigenvalue weighted by molar-refractivity contribution is 6.09. The minimum atomic E-state index is -1.65. The third-order valence-corrected chi connectivity index (χ3v) is 7.17.